The molecular weight excluding hydrogens is 506 g/mol. The van der Waals surface area contributed by atoms with E-state index < -0.39 is 17.9 Å². The fourth-order valence-electron chi connectivity index (χ4n) is 6.25. The molecule has 2 aliphatic heterocycles. The van der Waals surface area contributed by atoms with Crippen LogP contribution in [0.4, 0.5) is 16.3 Å². The Labute approximate surface area is 234 Å². The number of hydrogen-bond acceptors (Lipinski definition) is 8. The summed E-state index contributed by atoms with van der Waals surface area (Å²) >= 11 is 0. The molecule has 1 N–H and O–H groups in total. The lowest BCUT2D eigenvalue weighted by atomic mass is 9.87. The summed E-state index contributed by atoms with van der Waals surface area (Å²) in [6.07, 6.45) is 2.83. The Morgan fingerprint density at radius 1 is 1.12 bits per heavy atom. The van der Waals surface area contributed by atoms with E-state index in [2.05, 4.69) is 63.2 Å². The first-order valence-corrected chi connectivity index (χ1v) is 14.0. The maximum atomic E-state index is 11.8. The standard InChI is InChI=1S/C30H35N7O3/c1-34(2)30(13-6-14-30)40-28-32-25-20-35(26-10-5-8-21-7-3-4-9-23(21)26)16-12-24(25)27(33-28)36-17-18-37(29(38)39)22(19-36)11-15-31/h3-5,7-10,22H,6,11-14,16-20H2,1-2H3,(H,38,39)/t22-/m0/s1. The van der Waals surface area contributed by atoms with Crippen LogP contribution >= 0.6 is 0 Å². The second-order valence-corrected chi connectivity index (χ2v) is 11.2. The van der Waals surface area contributed by atoms with Crippen LogP contribution in [-0.2, 0) is 13.0 Å². The number of nitriles is 1. The third-order valence-corrected chi connectivity index (χ3v) is 8.72. The Balaban J connectivity index is 1.38. The van der Waals surface area contributed by atoms with Crippen molar-refractivity contribution in [2.45, 2.75) is 50.4 Å². The van der Waals surface area contributed by atoms with Crippen molar-refractivity contribution < 1.29 is 14.6 Å². The third-order valence-electron chi connectivity index (χ3n) is 8.72. The van der Waals surface area contributed by atoms with Crippen molar-refractivity contribution in [3.05, 3.63) is 53.7 Å². The van der Waals surface area contributed by atoms with E-state index in [1.807, 2.05) is 14.1 Å². The molecule has 10 heteroatoms. The average Bonchev–Trinajstić information content (AvgIpc) is 2.93. The van der Waals surface area contributed by atoms with Crippen molar-refractivity contribution in [1.82, 2.24) is 19.8 Å². The first kappa shape index (κ1) is 26.1. The highest BCUT2D eigenvalue weighted by Crippen LogP contribution is 2.39. The predicted molar refractivity (Wildman–Crippen MR) is 153 cm³/mol. The number of carbonyl (C=O) groups is 1. The van der Waals surface area contributed by atoms with E-state index in [4.69, 9.17) is 14.7 Å². The predicted octanol–water partition coefficient (Wildman–Crippen LogP) is 4.10. The minimum absolute atomic E-state index is 0.137. The fourth-order valence-corrected chi connectivity index (χ4v) is 6.25. The van der Waals surface area contributed by atoms with Crippen molar-refractivity contribution in [3.63, 3.8) is 0 Å². The molecule has 3 heterocycles. The minimum Gasteiger partial charge on any atom is -0.465 e. The zero-order chi connectivity index (χ0) is 27.9. The summed E-state index contributed by atoms with van der Waals surface area (Å²) in [7, 11) is 4.05. The van der Waals surface area contributed by atoms with Gasteiger partial charge in [-0.3, -0.25) is 4.90 Å². The smallest absolute Gasteiger partial charge is 0.407 e. The molecule has 1 amide bonds. The molecule has 6 rings (SSSR count). The molecule has 10 nitrogen and oxygen atoms in total. The van der Waals surface area contributed by atoms with E-state index in [1.54, 1.807) is 0 Å². The molecule has 1 atom stereocenters. The Kier molecular flexibility index (Phi) is 6.84. The van der Waals surface area contributed by atoms with Crippen LogP contribution < -0.4 is 14.5 Å². The molecule has 208 valence electrons. The normalized spacial score (nSPS) is 20.1. The Bertz CT molecular complexity index is 1460. The first-order chi connectivity index (χ1) is 19.4. The third kappa shape index (κ3) is 4.64. The van der Waals surface area contributed by atoms with Crippen LogP contribution in [0, 0.1) is 11.3 Å². The van der Waals surface area contributed by atoms with Gasteiger partial charge >= 0.3 is 12.1 Å². The van der Waals surface area contributed by atoms with E-state index in [0.717, 1.165) is 49.3 Å². The topological polar surface area (TPSA) is 109 Å². The van der Waals surface area contributed by atoms with Gasteiger partial charge in [0.15, 0.2) is 5.72 Å². The van der Waals surface area contributed by atoms with Crippen LogP contribution in [0.15, 0.2) is 42.5 Å². The van der Waals surface area contributed by atoms with Crippen LogP contribution in [0.3, 0.4) is 0 Å². The molecule has 1 saturated carbocycles. The first-order valence-electron chi connectivity index (χ1n) is 14.0. The molecule has 1 aromatic heterocycles. The lowest BCUT2D eigenvalue weighted by Crippen LogP contribution is -2.56. The Hall–Kier alpha value is -4.10. The van der Waals surface area contributed by atoms with Gasteiger partial charge in [-0.2, -0.15) is 15.2 Å². The number of aromatic nitrogens is 2. The van der Waals surface area contributed by atoms with Crippen LogP contribution in [-0.4, -0.2) is 83.0 Å². The van der Waals surface area contributed by atoms with Crippen LogP contribution in [0.1, 0.15) is 36.9 Å². The summed E-state index contributed by atoms with van der Waals surface area (Å²) in [5.74, 6) is 0.804. The van der Waals surface area contributed by atoms with Gasteiger partial charge in [-0.1, -0.05) is 36.4 Å². The summed E-state index contributed by atoms with van der Waals surface area (Å²) in [6, 6.07) is 16.9. The summed E-state index contributed by atoms with van der Waals surface area (Å²) in [4.78, 5) is 29.8. The highest BCUT2D eigenvalue weighted by atomic mass is 16.5. The van der Waals surface area contributed by atoms with E-state index in [1.165, 1.54) is 21.4 Å². The largest absolute Gasteiger partial charge is 0.465 e. The minimum atomic E-state index is -0.989. The summed E-state index contributed by atoms with van der Waals surface area (Å²) < 4.78 is 6.54. The number of rotatable bonds is 6. The average molecular weight is 542 g/mol. The van der Waals surface area contributed by atoms with Gasteiger partial charge in [0.25, 0.3) is 0 Å². The molecular formula is C30H35N7O3. The Morgan fingerprint density at radius 2 is 1.93 bits per heavy atom. The highest BCUT2D eigenvalue weighted by Gasteiger charge is 2.43. The molecule has 40 heavy (non-hydrogen) atoms. The molecule has 3 aliphatic rings. The summed E-state index contributed by atoms with van der Waals surface area (Å²) in [6.45, 7) is 2.68. The maximum absolute atomic E-state index is 11.8. The lowest BCUT2D eigenvalue weighted by Gasteiger charge is -2.46. The number of nitrogens with zero attached hydrogens (tertiary/aromatic N) is 7. The van der Waals surface area contributed by atoms with Gasteiger partial charge in [0.05, 0.1) is 30.8 Å². The van der Waals surface area contributed by atoms with Gasteiger partial charge in [-0.15, -0.1) is 0 Å². The molecule has 3 aromatic rings. The summed E-state index contributed by atoms with van der Waals surface area (Å²) in [5.41, 5.74) is 2.78. The SMILES string of the molecule is CN(C)C1(Oc2nc3c(c(N4CCN(C(=O)O)[C@@H](CC#N)C4)n2)CCN(c2cccc4ccccc24)C3)CCC1. The maximum Gasteiger partial charge on any atom is 0.407 e. The zero-order valence-corrected chi connectivity index (χ0v) is 23.1. The van der Waals surface area contributed by atoms with Gasteiger partial charge in [-0.25, -0.2) is 4.79 Å². The number of piperazine rings is 1. The van der Waals surface area contributed by atoms with Crippen LogP contribution in [0.2, 0.25) is 0 Å². The van der Waals surface area contributed by atoms with Crippen LogP contribution in [0.25, 0.3) is 10.8 Å². The highest BCUT2D eigenvalue weighted by molar-refractivity contribution is 5.94. The van der Waals surface area contributed by atoms with Crippen molar-refractivity contribution in [3.8, 4) is 12.1 Å². The summed E-state index contributed by atoms with van der Waals surface area (Å²) in [5, 5.41) is 21.5. The fraction of sp³-hybridized carbons (Fsp3) is 0.467. The van der Waals surface area contributed by atoms with Gasteiger partial charge in [0, 0.05) is 55.7 Å². The van der Waals surface area contributed by atoms with E-state index >= 15 is 0 Å². The molecule has 2 aromatic carbocycles. The van der Waals surface area contributed by atoms with Crippen molar-refractivity contribution in [1.29, 1.82) is 5.26 Å². The van der Waals surface area contributed by atoms with Gasteiger partial charge < -0.3 is 24.5 Å². The molecule has 2 fully saturated rings. The van der Waals surface area contributed by atoms with Crippen LogP contribution in [0.5, 0.6) is 6.01 Å². The van der Waals surface area contributed by atoms with Crippen molar-refractivity contribution in [2.24, 2.45) is 0 Å². The van der Waals surface area contributed by atoms with Gasteiger partial charge in [-0.05, 0) is 38.4 Å². The van der Waals surface area contributed by atoms with Crippen molar-refractivity contribution >= 4 is 28.4 Å². The van der Waals surface area contributed by atoms with Crippen molar-refractivity contribution in [2.75, 3.05) is 50.1 Å². The number of carboxylic acid groups (broad SMARTS) is 1. The van der Waals surface area contributed by atoms with Gasteiger partial charge in [0.2, 0.25) is 0 Å². The monoisotopic (exact) mass is 541 g/mol. The van der Waals surface area contributed by atoms with E-state index in [0.29, 0.717) is 32.2 Å². The number of amides is 1. The molecule has 1 saturated heterocycles. The van der Waals surface area contributed by atoms with E-state index in [9.17, 15) is 15.2 Å². The molecule has 0 spiro atoms. The quantitative estimate of drug-likeness (QED) is 0.462. The number of anilines is 2. The number of benzene rings is 2. The lowest BCUT2D eigenvalue weighted by molar-refractivity contribution is -0.122. The number of fused-ring (bicyclic) bond motifs is 2. The molecule has 0 unspecified atom stereocenters. The number of hydrogen-bond donors (Lipinski definition) is 1. The molecule has 1 aliphatic carbocycles. The molecule has 0 bridgehead atoms. The number of ether oxygens (including phenoxy) is 1. The second kappa shape index (κ2) is 10.5. The van der Waals surface area contributed by atoms with E-state index in [-0.39, 0.29) is 6.42 Å². The zero-order valence-electron chi connectivity index (χ0n) is 23.1. The van der Waals surface area contributed by atoms with Gasteiger partial charge in [0.1, 0.15) is 5.82 Å². The Morgan fingerprint density at radius 3 is 2.65 bits per heavy atom. The molecule has 0 radical (unpaired) electrons. The second-order valence-electron chi connectivity index (χ2n) is 11.2.